The third kappa shape index (κ3) is 3.61. The van der Waals surface area contributed by atoms with Gasteiger partial charge in [-0.2, -0.15) is 5.10 Å². The Morgan fingerprint density at radius 1 is 1.50 bits per heavy atom. The highest BCUT2D eigenvalue weighted by Crippen LogP contribution is 2.12. The molecular weight excluding hydrogens is 202 g/mol. The summed E-state index contributed by atoms with van der Waals surface area (Å²) in [7, 11) is 1.73. The highest BCUT2D eigenvalue weighted by atomic mass is 16.5. The summed E-state index contributed by atoms with van der Waals surface area (Å²) in [6.45, 7) is 9.12. The van der Waals surface area contributed by atoms with Crippen molar-refractivity contribution in [3.63, 3.8) is 0 Å². The third-order valence-corrected chi connectivity index (χ3v) is 2.65. The molecule has 0 bridgehead atoms. The van der Waals surface area contributed by atoms with Crippen LogP contribution >= 0.6 is 0 Å². The first-order valence-electron chi connectivity index (χ1n) is 5.89. The molecule has 0 saturated carbocycles. The Morgan fingerprint density at radius 2 is 2.25 bits per heavy atom. The van der Waals surface area contributed by atoms with Gasteiger partial charge in [0.1, 0.15) is 0 Å². The van der Waals surface area contributed by atoms with Crippen LogP contribution in [0, 0.1) is 6.92 Å². The summed E-state index contributed by atoms with van der Waals surface area (Å²) < 4.78 is 7.06. The van der Waals surface area contributed by atoms with Crippen LogP contribution in [0.1, 0.15) is 37.6 Å². The molecule has 0 atom stereocenters. The third-order valence-electron chi connectivity index (χ3n) is 2.65. The second kappa shape index (κ2) is 6.66. The zero-order valence-electron chi connectivity index (χ0n) is 10.8. The molecule has 0 aliphatic carbocycles. The Kier molecular flexibility index (Phi) is 5.49. The fraction of sp³-hybridized carbons (Fsp3) is 0.750. The van der Waals surface area contributed by atoms with E-state index in [9.17, 15) is 0 Å². The summed E-state index contributed by atoms with van der Waals surface area (Å²) in [6.07, 6.45) is 3.01. The maximum Gasteiger partial charge on any atom is 0.0537 e. The highest BCUT2D eigenvalue weighted by molar-refractivity contribution is 5.16. The smallest absolute Gasteiger partial charge is 0.0537 e. The number of hydrogen-bond donors (Lipinski definition) is 1. The molecule has 0 spiro atoms. The summed E-state index contributed by atoms with van der Waals surface area (Å²) in [5.41, 5.74) is 2.54. The van der Waals surface area contributed by atoms with E-state index in [0.29, 0.717) is 6.04 Å². The molecule has 0 unspecified atom stereocenters. The van der Waals surface area contributed by atoms with Gasteiger partial charge in [-0.15, -0.1) is 0 Å². The molecule has 1 aromatic rings. The van der Waals surface area contributed by atoms with Crippen molar-refractivity contribution in [3.8, 4) is 0 Å². The molecule has 4 heteroatoms. The van der Waals surface area contributed by atoms with Crippen molar-refractivity contribution < 1.29 is 4.74 Å². The van der Waals surface area contributed by atoms with Crippen LogP contribution in [0.4, 0.5) is 0 Å². The quantitative estimate of drug-likeness (QED) is 0.720. The SMILES string of the molecule is COCCCNCc1cnn(C(C)C)c1C. The number of hydrogen-bond acceptors (Lipinski definition) is 3. The summed E-state index contributed by atoms with van der Waals surface area (Å²) in [4.78, 5) is 0. The van der Waals surface area contributed by atoms with Crippen molar-refractivity contribution in [1.29, 1.82) is 0 Å². The van der Waals surface area contributed by atoms with E-state index in [2.05, 4.69) is 35.9 Å². The maximum absolute atomic E-state index is 5.00. The number of nitrogens with one attached hydrogen (secondary N) is 1. The van der Waals surface area contributed by atoms with Gasteiger partial charge in [-0.1, -0.05) is 0 Å². The first kappa shape index (κ1) is 13.2. The van der Waals surface area contributed by atoms with Crippen molar-refractivity contribution in [3.05, 3.63) is 17.5 Å². The normalized spacial score (nSPS) is 11.3. The molecule has 1 heterocycles. The van der Waals surface area contributed by atoms with E-state index < -0.39 is 0 Å². The number of aromatic nitrogens is 2. The standard InChI is InChI=1S/C12H23N3O/c1-10(2)15-11(3)12(9-14-15)8-13-6-5-7-16-4/h9-10,13H,5-8H2,1-4H3. The zero-order chi connectivity index (χ0) is 12.0. The average Bonchev–Trinajstić information content (AvgIpc) is 2.60. The number of methoxy groups -OCH3 is 1. The molecule has 0 aromatic carbocycles. The summed E-state index contributed by atoms with van der Waals surface area (Å²) >= 11 is 0. The predicted octanol–water partition coefficient (Wildman–Crippen LogP) is 1.90. The fourth-order valence-corrected chi connectivity index (χ4v) is 1.72. The van der Waals surface area contributed by atoms with Gasteiger partial charge in [0, 0.05) is 37.6 Å². The van der Waals surface area contributed by atoms with Crippen molar-refractivity contribution in [2.24, 2.45) is 0 Å². The number of ether oxygens (including phenoxy) is 1. The van der Waals surface area contributed by atoms with Crippen LogP contribution in [0.2, 0.25) is 0 Å². The van der Waals surface area contributed by atoms with E-state index in [4.69, 9.17) is 4.74 Å². The van der Waals surface area contributed by atoms with Gasteiger partial charge in [-0.05, 0) is 33.7 Å². The van der Waals surface area contributed by atoms with E-state index in [1.807, 2.05) is 6.20 Å². The second-order valence-corrected chi connectivity index (χ2v) is 4.32. The van der Waals surface area contributed by atoms with Gasteiger partial charge in [0.15, 0.2) is 0 Å². The van der Waals surface area contributed by atoms with Crippen LogP contribution in [0.5, 0.6) is 0 Å². The first-order valence-corrected chi connectivity index (χ1v) is 5.89. The van der Waals surface area contributed by atoms with Crippen molar-refractivity contribution in [2.75, 3.05) is 20.3 Å². The van der Waals surface area contributed by atoms with Crippen molar-refractivity contribution in [2.45, 2.75) is 39.8 Å². The van der Waals surface area contributed by atoms with Gasteiger partial charge in [0.05, 0.1) is 6.20 Å². The minimum atomic E-state index is 0.433. The first-order chi connectivity index (χ1) is 7.66. The minimum Gasteiger partial charge on any atom is -0.385 e. The van der Waals surface area contributed by atoms with E-state index in [1.54, 1.807) is 7.11 Å². The number of rotatable bonds is 7. The van der Waals surface area contributed by atoms with E-state index in [-0.39, 0.29) is 0 Å². The highest BCUT2D eigenvalue weighted by Gasteiger charge is 2.07. The van der Waals surface area contributed by atoms with Gasteiger partial charge >= 0.3 is 0 Å². The molecule has 0 aliphatic rings. The largest absolute Gasteiger partial charge is 0.385 e. The van der Waals surface area contributed by atoms with Crippen LogP contribution < -0.4 is 5.32 Å². The Bertz CT molecular complexity index is 307. The minimum absolute atomic E-state index is 0.433. The van der Waals surface area contributed by atoms with Gasteiger partial charge in [0.2, 0.25) is 0 Å². The lowest BCUT2D eigenvalue weighted by molar-refractivity contribution is 0.194. The number of nitrogens with zero attached hydrogens (tertiary/aromatic N) is 2. The summed E-state index contributed by atoms with van der Waals surface area (Å²) in [5.74, 6) is 0. The predicted molar refractivity (Wildman–Crippen MR) is 65.5 cm³/mol. The molecule has 1 rings (SSSR count). The van der Waals surface area contributed by atoms with E-state index >= 15 is 0 Å². The van der Waals surface area contributed by atoms with Crippen LogP contribution in [-0.2, 0) is 11.3 Å². The lowest BCUT2D eigenvalue weighted by Gasteiger charge is -2.09. The molecule has 0 radical (unpaired) electrons. The van der Waals surface area contributed by atoms with Crippen molar-refractivity contribution >= 4 is 0 Å². The molecule has 16 heavy (non-hydrogen) atoms. The molecule has 4 nitrogen and oxygen atoms in total. The van der Waals surface area contributed by atoms with Gasteiger partial charge < -0.3 is 10.1 Å². The van der Waals surface area contributed by atoms with Crippen molar-refractivity contribution in [1.82, 2.24) is 15.1 Å². The second-order valence-electron chi connectivity index (χ2n) is 4.32. The molecule has 0 saturated heterocycles. The fourth-order valence-electron chi connectivity index (χ4n) is 1.72. The Labute approximate surface area is 98.0 Å². The maximum atomic E-state index is 5.00. The monoisotopic (exact) mass is 225 g/mol. The molecule has 0 fully saturated rings. The topological polar surface area (TPSA) is 39.1 Å². The lowest BCUT2D eigenvalue weighted by atomic mass is 10.2. The Hall–Kier alpha value is -0.870. The van der Waals surface area contributed by atoms with Crippen LogP contribution in [0.3, 0.4) is 0 Å². The molecule has 0 amide bonds. The van der Waals surface area contributed by atoms with Gasteiger partial charge in [-0.25, -0.2) is 0 Å². The van der Waals surface area contributed by atoms with Gasteiger partial charge in [0.25, 0.3) is 0 Å². The van der Waals surface area contributed by atoms with E-state index in [0.717, 1.165) is 26.1 Å². The molecule has 92 valence electrons. The molecule has 0 aliphatic heterocycles. The average molecular weight is 225 g/mol. The lowest BCUT2D eigenvalue weighted by Crippen LogP contribution is -2.16. The molecule has 1 N–H and O–H groups in total. The Morgan fingerprint density at radius 3 is 2.81 bits per heavy atom. The van der Waals surface area contributed by atoms with E-state index in [1.165, 1.54) is 11.3 Å². The van der Waals surface area contributed by atoms with Crippen LogP contribution in [0.25, 0.3) is 0 Å². The molecular formula is C12H23N3O. The summed E-state index contributed by atoms with van der Waals surface area (Å²) in [5, 5.41) is 7.78. The van der Waals surface area contributed by atoms with Crippen LogP contribution in [0.15, 0.2) is 6.20 Å². The Balaban J connectivity index is 2.37. The molecule has 1 aromatic heterocycles. The van der Waals surface area contributed by atoms with Crippen LogP contribution in [-0.4, -0.2) is 30.0 Å². The summed E-state index contributed by atoms with van der Waals surface area (Å²) in [6, 6.07) is 0.433. The van der Waals surface area contributed by atoms with Gasteiger partial charge in [-0.3, -0.25) is 4.68 Å². The zero-order valence-corrected chi connectivity index (χ0v) is 10.8.